The van der Waals surface area contributed by atoms with Crippen LogP contribution in [0.5, 0.6) is 17.4 Å². The molecule has 4 heterocycles. The topological polar surface area (TPSA) is 180 Å². The molecule has 2 N–H and O–H groups in total. The van der Waals surface area contributed by atoms with Crippen LogP contribution in [0.15, 0.2) is 219 Å². The number of aromatic nitrogens is 6. The van der Waals surface area contributed by atoms with Crippen molar-refractivity contribution in [3.63, 3.8) is 0 Å². The number of fused-ring (bicyclic) bond motifs is 1. The fraction of sp³-hybridized carbons (Fsp3) is 0.161. The second-order valence-corrected chi connectivity index (χ2v) is 18.7. The number of para-hydroxylation sites is 4. The molecule has 0 saturated carbocycles. The van der Waals surface area contributed by atoms with Crippen LogP contribution in [-0.4, -0.2) is 79.3 Å². The summed E-state index contributed by atoms with van der Waals surface area (Å²) in [5, 5.41) is 15.2. The maximum Gasteiger partial charge on any atom is 0.425 e. The molecule has 0 spiro atoms. The second kappa shape index (κ2) is 22.9. The Bertz CT molecular complexity index is 3520. The van der Waals surface area contributed by atoms with Gasteiger partial charge in [0.2, 0.25) is 5.95 Å². The van der Waals surface area contributed by atoms with E-state index in [0.717, 1.165) is 16.7 Å². The van der Waals surface area contributed by atoms with Crippen molar-refractivity contribution in [2.75, 3.05) is 35.9 Å². The molecule has 17 heteroatoms. The van der Waals surface area contributed by atoms with E-state index in [1.807, 2.05) is 183 Å². The summed E-state index contributed by atoms with van der Waals surface area (Å²) >= 11 is 0. The SMILES string of the molecule is COc1ccc(C(OC[C@H]2O[C@@H](n3cnc4c(OC(=O)N(c5ccccc5)c5ccccc5)nc(NC(C)c5cn(C(=O)N(c6ccccc6)c6ccccc6)cn5)nc43)C[C@@H]2O)(c2ccccc2)c2ccc(OC)cc2)cc1. The van der Waals surface area contributed by atoms with E-state index < -0.39 is 36.2 Å². The van der Waals surface area contributed by atoms with Crippen LogP contribution < -0.4 is 29.3 Å². The number of anilines is 5. The van der Waals surface area contributed by atoms with Gasteiger partial charge in [0.05, 0.1) is 67.7 Å². The summed E-state index contributed by atoms with van der Waals surface area (Å²) in [4.78, 5) is 51.0. The molecular weight excluding hydrogens is 999 g/mol. The maximum atomic E-state index is 14.6. The first kappa shape index (κ1) is 51.4. The Morgan fingerprint density at radius 2 is 1.15 bits per heavy atom. The Morgan fingerprint density at radius 1 is 0.658 bits per heavy atom. The Labute approximate surface area is 455 Å². The van der Waals surface area contributed by atoms with Crippen LogP contribution in [0.3, 0.4) is 0 Å². The van der Waals surface area contributed by atoms with Crippen molar-refractivity contribution >= 4 is 52.0 Å². The maximum absolute atomic E-state index is 14.6. The molecular formula is C62H55N9O8. The van der Waals surface area contributed by atoms with Crippen LogP contribution in [-0.2, 0) is 15.1 Å². The molecule has 0 aliphatic carbocycles. The Kier molecular flexibility index (Phi) is 14.9. The highest BCUT2D eigenvalue weighted by Gasteiger charge is 2.43. The molecule has 4 atom stereocenters. The summed E-state index contributed by atoms with van der Waals surface area (Å²) in [6, 6.07) is 61.3. The van der Waals surface area contributed by atoms with E-state index >= 15 is 0 Å². The van der Waals surface area contributed by atoms with Gasteiger partial charge in [-0.15, -0.1) is 0 Å². The number of carbonyl (C=O) groups is 2. The lowest BCUT2D eigenvalue weighted by Gasteiger charge is -2.37. The number of carbonyl (C=O) groups excluding carboxylic acids is 2. The lowest BCUT2D eigenvalue weighted by Crippen LogP contribution is -2.38. The first-order valence-corrected chi connectivity index (χ1v) is 25.6. The summed E-state index contributed by atoms with van der Waals surface area (Å²) in [7, 11) is 3.24. The molecule has 396 valence electrons. The molecule has 1 unspecified atom stereocenters. The molecule has 17 nitrogen and oxygen atoms in total. The number of hydrogen-bond donors (Lipinski definition) is 2. The summed E-state index contributed by atoms with van der Waals surface area (Å²) < 4.78 is 34.3. The Hall–Kier alpha value is -9.68. The minimum absolute atomic E-state index is 0.0438. The number of aliphatic hydroxyl groups is 1. The van der Waals surface area contributed by atoms with E-state index in [4.69, 9.17) is 38.6 Å². The summed E-state index contributed by atoms with van der Waals surface area (Å²) in [5.41, 5.74) is 4.68. The lowest BCUT2D eigenvalue weighted by molar-refractivity contribution is -0.0931. The van der Waals surface area contributed by atoms with E-state index in [9.17, 15) is 14.7 Å². The quantitative estimate of drug-likeness (QED) is 0.0823. The Balaban J connectivity index is 0.923. The van der Waals surface area contributed by atoms with Crippen LogP contribution in [0.2, 0.25) is 0 Å². The van der Waals surface area contributed by atoms with Crippen LogP contribution in [0.1, 0.15) is 48.0 Å². The second-order valence-electron chi connectivity index (χ2n) is 18.7. The molecule has 3 aromatic heterocycles. The third-order valence-electron chi connectivity index (χ3n) is 13.8. The number of rotatable bonds is 17. The van der Waals surface area contributed by atoms with Crippen molar-refractivity contribution in [2.24, 2.45) is 0 Å². The van der Waals surface area contributed by atoms with Gasteiger partial charge in [-0.2, -0.15) is 9.97 Å². The smallest absolute Gasteiger partial charge is 0.425 e. The third-order valence-corrected chi connectivity index (χ3v) is 13.8. The first-order valence-electron chi connectivity index (χ1n) is 25.6. The predicted molar refractivity (Wildman–Crippen MR) is 299 cm³/mol. The number of hydrogen-bond acceptors (Lipinski definition) is 13. The highest BCUT2D eigenvalue weighted by atomic mass is 16.6. The lowest BCUT2D eigenvalue weighted by atomic mass is 9.80. The van der Waals surface area contributed by atoms with Gasteiger partial charge in [0.15, 0.2) is 11.2 Å². The van der Waals surface area contributed by atoms with Gasteiger partial charge in [-0.05, 0) is 96.4 Å². The van der Waals surface area contributed by atoms with Crippen molar-refractivity contribution in [2.45, 2.75) is 43.4 Å². The molecule has 10 aromatic rings. The average molecular weight is 1050 g/mol. The first-order chi connectivity index (χ1) is 38.7. The fourth-order valence-corrected chi connectivity index (χ4v) is 9.77. The highest BCUT2D eigenvalue weighted by molar-refractivity contribution is 6.01. The minimum atomic E-state index is -1.17. The van der Waals surface area contributed by atoms with E-state index in [-0.39, 0.29) is 42.1 Å². The van der Waals surface area contributed by atoms with E-state index in [0.29, 0.717) is 39.9 Å². The van der Waals surface area contributed by atoms with Gasteiger partial charge in [-0.3, -0.25) is 14.0 Å². The van der Waals surface area contributed by atoms with Crippen molar-refractivity contribution in [3.8, 4) is 17.4 Å². The number of nitrogens with one attached hydrogen (secondary N) is 1. The molecule has 1 saturated heterocycles. The number of benzene rings is 7. The molecule has 11 rings (SSSR count). The summed E-state index contributed by atoms with van der Waals surface area (Å²) in [5.74, 6) is 1.27. The zero-order valence-electron chi connectivity index (χ0n) is 43.4. The number of nitrogens with zero attached hydrogens (tertiary/aromatic N) is 8. The largest absolute Gasteiger partial charge is 0.497 e. The number of methoxy groups -OCH3 is 2. The van der Waals surface area contributed by atoms with E-state index in [2.05, 4.69) is 10.3 Å². The van der Waals surface area contributed by atoms with Gasteiger partial charge >= 0.3 is 12.1 Å². The standard InChI is InChI=1S/C62H55N9O8/c1-42(52-38-68(40-63-52)60(73)70(46-21-11-5-12-22-46)47-23-13-6-14-24-47)65-59-66-57-56(58(67-59)79-61(74)71(48-25-15-7-16-26-48)49-27-17-8-18-28-49)64-41-69(57)55-37-53(72)54(78-55)39-77-62(43-19-9-4-10-20-43,44-29-33-50(75-2)34-30-44)45-31-35-51(76-3)36-32-45/h4-36,38,40-42,53-55,72H,37,39H2,1-3H3,(H,65,66,67)/t42?,53-,54+,55+/m0/s1. The molecule has 1 fully saturated rings. The third kappa shape index (κ3) is 10.6. The van der Waals surface area contributed by atoms with E-state index in [1.54, 1.807) is 54.1 Å². The van der Waals surface area contributed by atoms with Crippen molar-refractivity contribution in [1.82, 2.24) is 29.1 Å². The Morgan fingerprint density at radius 3 is 1.67 bits per heavy atom. The zero-order valence-corrected chi connectivity index (χ0v) is 43.4. The number of aliphatic hydroxyl groups excluding tert-OH is 1. The average Bonchev–Trinajstić information content (AvgIpc) is 4.27. The van der Waals surface area contributed by atoms with Gasteiger partial charge in [-0.25, -0.2) is 24.5 Å². The van der Waals surface area contributed by atoms with Gasteiger partial charge < -0.3 is 34.1 Å². The summed E-state index contributed by atoms with van der Waals surface area (Å²) in [6.07, 6.45) is 1.36. The van der Waals surface area contributed by atoms with Crippen LogP contribution in [0, 0.1) is 0 Å². The number of imidazole rings is 2. The molecule has 0 bridgehead atoms. The molecule has 79 heavy (non-hydrogen) atoms. The molecule has 1 aliphatic heterocycles. The van der Waals surface area contributed by atoms with Crippen LogP contribution >= 0.6 is 0 Å². The van der Waals surface area contributed by atoms with Gasteiger partial charge in [0.25, 0.3) is 5.88 Å². The molecule has 7 aromatic carbocycles. The number of ether oxygens (including phenoxy) is 5. The minimum Gasteiger partial charge on any atom is -0.497 e. The van der Waals surface area contributed by atoms with Crippen molar-refractivity contribution in [1.29, 1.82) is 0 Å². The van der Waals surface area contributed by atoms with Crippen molar-refractivity contribution in [3.05, 3.63) is 241 Å². The van der Waals surface area contributed by atoms with Gasteiger partial charge in [0, 0.05) is 12.6 Å². The van der Waals surface area contributed by atoms with Crippen LogP contribution in [0.4, 0.5) is 38.3 Å². The monoisotopic (exact) mass is 1050 g/mol. The molecule has 1 aliphatic rings. The van der Waals surface area contributed by atoms with Gasteiger partial charge in [0.1, 0.15) is 35.8 Å². The van der Waals surface area contributed by atoms with Crippen LogP contribution in [0.25, 0.3) is 11.2 Å². The number of amides is 2. The molecule has 2 amide bonds. The highest BCUT2D eigenvalue weighted by Crippen LogP contribution is 2.43. The fourth-order valence-electron chi connectivity index (χ4n) is 9.77. The molecule has 0 radical (unpaired) electrons. The normalized spacial score (nSPS) is 15.5. The van der Waals surface area contributed by atoms with Crippen molar-refractivity contribution < 1.29 is 38.4 Å². The van der Waals surface area contributed by atoms with E-state index in [1.165, 1.54) is 22.1 Å². The predicted octanol–water partition coefficient (Wildman–Crippen LogP) is 12.0. The summed E-state index contributed by atoms with van der Waals surface area (Å²) in [6.45, 7) is 1.80. The van der Waals surface area contributed by atoms with Gasteiger partial charge in [-0.1, -0.05) is 127 Å². The zero-order chi connectivity index (χ0) is 54.3.